The molecule has 0 bridgehead atoms. The van der Waals surface area contributed by atoms with Crippen LogP contribution in [0.2, 0.25) is 0 Å². The van der Waals surface area contributed by atoms with Crippen LogP contribution in [0.1, 0.15) is 57.9 Å². The number of aliphatic hydroxyl groups excluding tert-OH is 2. The number of hydroxylamine groups is 1. The van der Waals surface area contributed by atoms with Crippen molar-refractivity contribution in [1.82, 2.24) is 5.32 Å². The summed E-state index contributed by atoms with van der Waals surface area (Å²) in [5.74, 6) is -1.71. The number of halogens is 2. The van der Waals surface area contributed by atoms with Gasteiger partial charge in [-0.25, -0.2) is 8.78 Å². The van der Waals surface area contributed by atoms with Crippen LogP contribution in [0, 0.1) is 28.6 Å². The van der Waals surface area contributed by atoms with Gasteiger partial charge in [0.15, 0.2) is 22.8 Å². The zero-order chi connectivity index (χ0) is 30.8. The molecule has 234 valence electrons. The van der Waals surface area contributed by atoms with Gasteiger partial charge in [-0.1, -0.05) is 25.1 Å². The van der Waals surface area contributed by atoms with Crippen molar-refractivity contribution in [2.45, 2.75) is 82.3 Å². The quantitative estimate of drug-likeness (QED) is 0.405. The summed E-state index contributed by atoms with van der Waals surface area (Å²) in [6.07, 6.45) is 4.30. The summed E-state index contributed by atoms with van der Waals surface area (Å²) in [5.41, 5.74) is -4.34. The summed E-state index contributed by atoms with van der Waals surface area (Å²) < 4.78 is 33.3. The molecule has 1 aliphatic heterocycles. The van der Waals surface area contributed by atoms with Crippen molar-refractivity contribution in [3.05, 3.63) is 53.6 Å². The van der Waals surface area contributed by atoms with Crippen molar-refractivity contribution in [1.29, 1.82) is 0 Å². The van der Waals surface area contributed by atoms with Gasteiger partial charge in [-0.15, -0.1) is 0 Å². The van der Waals surface area contributed by atoms with Crippen LogP contribution in [0.25, 0.3) is 0 Å². The van der Waals surface area contributed by atoms with E-state index in [0.717, 1.165) is 38.0 Å². The normalized spacial score (nSPS) is 40.8. The Balaban J connectivity index is 1.29. The van der Waals surface area contributed by atoms with Crippen LogP contribution in [-0.2, 0) is 20.8 Å². The van der Waals surface area contributed by atoms with Gasteiger partial charge >= 0.3 is 0 Å². The van der Waals surface area contributed by atoms with Crippen molar-refractivity contribution in [3.8, 4) is 0 Å². The number of benzene rings is 1. The van der Waals surface area contributed by atoms with E-state index in [1.54, 1.807) is 14.0 Å². The average Bonchev–Trinajstić information content (AvgIpc) is 3.28. The lowest BCUT2D eigenvalue weighted by Crippen LogP contribution is -2.71. The predicted molar refractivity (Wildman–Crippen MR) is 159 cm³/mol. The number of allylic oxidation sites excluding steroid dienone is 4. The Kier molecular flexibility index (Phi) is 7.72. The molecule has 4 aliphatic carbocycles. The van der Waals surface area contributed by atoms with Crippen LogP contribution in [-0.4, -0.2) is 72.1 Å². The van der Waals surface area contributed by atoms with E-state index in [0.29, 0.717) is 12.3 Å². The molecule has 0 amide bonds. The molecule has 3 saturated carbocycles. The molecular formula is C34H44F2N2O5. The van der Waals surface area contributed by atoms with Crippen molar-refractivity contribution >= 4 is 17.3 Å². The Morgan fingerprint density at radius 1 is 1.14 bits per heavy atom. The van der Waals surface area contributed by atoms with Gasteiger partial charge in [0.05, 0.1) is 11.8 Å². The molecule has 8 atom stereocenters. The number of Topliss-reactive ketones (excluding diaryl/α,β-unsaturated/α-hetero) is 1. The van der Waals surface area contributed by atoms with E-state index in [2.05, 4.69) is 17.4 Å². The number of hydrogen-bond acceptors (Lipinski definition) is 7. The molecule has 1 heterocycles. The summed E-state index contributed by atoms with van der Waals surface area (Å²) in [4.78, 5) is 32.3. The molecule has 3 N–H and O–H groups in total. The Labute approximate surface area is 252 Å². The highest BCUT2D eigenvalue weighted by Gasteiger charge is 2.76. The number of ketones is 2. The highest BCUT2D eigenvalue weighted by Crippen LogP contribution is 2.70. The van der Waals surface area contributed by atoms with Gasteiger partial charge in [0, 0.05) is 23.8 Å². The number of alkyl halides is 2. The molecule has 4 fully saturated rings. The fourth-order valence-corrected chi connectivity index (χ4v) is 9.53. The summed E-state index contributed by atoms with van der Waals surface area (Å²) >= 11 is 0. The summed E-state index contributed by atoms with van der Waals surface area (Å²) in [6, 6.07) is 8.03. The molecule has 1 unspecified atom stereocenters. The lowest BCUT2D eigenvalue weighted by Gasteiger charge is -2.63. The van der Waals surface area contributed by atoms with E-state index in [1.165, 1.54) is 28.9 Å². The number of carbonyl (C=O) groups excluding carboxylic acids is 2. The fourth-order valence-electron chi connectivity index (χ4n) is 9.53. The Hall–Kier alpha value is -2.46. The van der Waals surface area contributed by atoms with Crippen molar-refractivity contribution in [2.75, 3.05) is 31.8 Å². The van der Waals surface area contributed by atoms with Gasteiger partial charge in [0.1, 0.15) is 12.8 Å². The second-order valence-electron chi connectivity index (χ2n) is 14.0. The number of anilines is 1. The minimum Gasteiger partial charge on any atom is -0.390 e. The maximum atomic E-state index is 17.5. The first kappa shape index (κ1) is 30.6. The molecule has 0 aromatic heterocycles. The summed E-state index contributed by atoms with van der Waals surface area (Å²) in [6.45, 7) is 4.69. The van der Waals surface area contributed by atoms with Crippen LogP contribution in [0.4, 0.5) is 14.5 Å². The molecular weight excluding hydrogens is 554 g/mol. The maximum absolute atomic E-state index is 17.5. The molecule has 9 heteroatoms. The first-order valence-electron chi connectivity index (χ1n) is 15.7. The molecule has 1 aromatic rings. The number of piperidine rings is 1. The van der Waals surface area contributed by atoms with Gasteiger partial charge in [-0.05, 0) is 112 Å². The largest absolute Gasteiger partial charge is 0.390 e. The molecule has 0 spiro atoms. The standard InChI is InChI=1S/C34H44F2N2O5/c1-31-12-8-24(40)17-27(31)28(35)18-26-25-9-13-33(30(42)20-39,32(25,2)19-29(41)34(26,31)36)43-38(3)23-6-4-21(5-7-23)16-22-10-14-37-15-11-22/h4-8,12,17,22,25-26,28-29,37,39,41H,9-11,13-16,18-20H2,1-3H3/t25?,26-,28-,29-,31-,32-,33-,34-/m0/s1. The third kappa shape index (κ3) is 4.48. The molecule has 7 nitrogen and oxygen atoms in total. The van der Waals surface area contributed by atoms with Gasteiger partial charge in [0.2, 0.25) is 0 Å². The Bertz CT molecular complexity index is 1330. The van der Waals surface area contributed by atoms with Gasteiger partial charge in [0.25, 0.3) is 0 Å². The van der Waals surface area contributed by atoms with Gasteiger partial charge in [-0.2, -0.15) is 0 Å². The maximum Gasteiger partial charge on any atom is 0.193 e. The zero-order valence-electron chi connectivity index (χ0n) is 25.3. The highest BCUT2D eigenvalue weighted by molar-refractivity contribution is 6.01. The molecule has 1 aromatic carbocycles. The second kappa shape index (κ2) is 10.9. The summed E-state index contributed by atoms with van der Waals surface area (Å²) in [5, 5.41) is 26.7. The average molecular weight is 599 g/mol. The van der Waals surface area contributed by atoms with Gasteiger partial charge in [-0.3, -0.25) is 19.5 Å². The number of aliphatic hydroxyl groups is 2. The minimum absolute atomic E-state index is 0.0664. The second-order valence-corrected chi connectivity index (χ2v) is 14.0. The fraction of sp³-hybridized carbons (Fsp3) is 0.647. The van der Waals surface area contributed by atoms with Crippen molar-refractivity contribution < 1.29 is 33.4 Å². The molecule has 43 heavy (non-hydrogen) atoms. The smallest absolute Gasteiger partial charge is 0.193 e. The van der Waals surface area contributed by atoms with E-state index >= 15 is 8.78 Å². The van der Waals surface area contributed by atoms with E-state index in [9.17, 15) is 19.8 Å². The third-order valence-corrected chi connectivity index (χ3v) is 11.9. The number of rotatable bonds is 7. The van der Waals surface area contributed by atoms with Crippen LogP contribution in [0.3, 0.4) is 0 Å². The van der Waals surface area contributed by atoms with Crippen LogP contribution in [0.15, 0.2) is 48.1 Å². The first-order valence-corrected chi connectivity index (χ1v) is 15.7. The SMILES string of the molecule is CN(O[C@]1(C(=O)CO)CCC2[C@@H]3C[C@H](F)C4=CC(=O)C=C[C@]4(C)[C@@]3(F)[C@@H](O)C[C@@]21C)c1ccc(CC2CCNCC2)cc1. The monoisotopic (exact) mass is 598 g/mol. The molecule has 1 saturated heterocycles. The number of fused-ring (bicyclic) bond motifs is 5. The number of carbonyl (C=O) groups is 2. The summed E-state index contributed by atoms with van der Waals surface area (Å²) in [7, 11) is 1.71. The van der Waals surface area contributed by atoms with E-state index in [4.69, 9.17) is 4.84 Å². The topological polar surface area (TPSA) is 99.1 Å². The number of nitrogens with one attached hydrogen (secondary N) is 1. The van der Waals surface area contributed by atoms with Crippen LogP contribution < -0.4 is 10.4 Å². The van der Waals surface area contributed by atoms with E-state index in [-0.39, 0.29) is 24.8 Å². The van der Waals surface area contributed by atoms with Crippen molar-refractivity contribution in [2.24, 2.45) is 28.6 Å². The van der Waals surface area contributed by atoms with E-state index in [1.807, 2.05) is 19.1 Å². The zero-order valence-corrected chi connectivity index (χ0v) is 25.3. The lowest BCUT2D eigenvalue weighted by atomic mass is 9.44. The third-order valence-electron chi connectivity index (χ3n) is 11.9. The van der Waals surface area contributed by atoms with E-state index < -0.39 is 64.4 Å². The first-order chi connectivity index (χ1) is 20.4. The lowest BCUT2D eigenvalue weighted by molar-refractivity contribution is -0.231. The Morgan fingerprint density at radius 3 is 2.51 bits per heavy atom. The molecule has 0 radical (unpaired) electrons. The highest BCUT2D eigenvalue weighted by atomic mass is 19.1. The Morgan fingerprint density at radius 2 is 1.84 bits per heavy atom. The van der Waals surface area contributed by atoms with Gasteiger partial charge < -0.3 is 15.5 Å². The molecule has 5 aliphatic rings. The van der Waals surface area contributed by atoms with Crippen LogP contribution >= 0.6 is 0 Å². The minimum atomic E-state index is -2.24. The number of hydrogen-bond donors (Lipinski definition) is 3. The van der Waals surface area contributed by atoms with Crippen LogP contribution in [0.5, 0.6) is 0 Å². The number of nitrogens with zero attached hydrogens (tertiary/aromatic N) is 1. The predicted octanol–water partition coefficient (Wildman–Crippen LogP) is 4.22. The van der Waals surface area contributed by atoms with Crippen molar-refractivity contribution in [3.63, 3.8) is 0 Å². The molecule has 6 rings (SSSR count).